The molecule has 0 saturated heterocycles. The number of aliphatic hydroxyl groups is 1. The summed E-state index contributed by atoms with van der Waals surface area (Å²) in [6.07, 6.45) is 6.90. The summed E-state index contributed by atoms with van der Waals surface area (Å²) in [5, 5.41) is 8.60. The zero-order valence-electron chi connectivity index (χ0n) is 9.95. The van der Waals surface area contributed by atoms with Crippen molar-refractivity contribution in [1.29, 1.82) is 0 Å². The smallest absolute Gasteiger partial charge is 0.0698 e. The molecule has 0 amide bonds. The first-order valence-corrected chi connectivity index (χ1v) is 6.31. The van der Waals surface area contributed by atoms with Crippen LogP contribution in [0.25, 0.3) is 0 Å². The van der Waals surface area contributed by atoms with Crippen LogP contribution in [0.3, 0.4) is 0 Å². The summed E-state index contributed by atoms with van der Waals surface area (Å²) >= 11 is 0. The molecule has 0 atom stereocenters. The van der Waals surface area contributed by atoms with Crippen LogP contribution in [0.5, 0.6) is 0 Å². The van der Waals surface area contributed by atoms with E-state index in [1.165, 1.54) is 32.1 Å². The van der Waals surface area contributed by atoms with E-state index in [1.807, 2.05) is 0 Å². The fourth-order valence-corrected chi connectivity index (χ4v) is 2.39. The van der Waals surface area contributed by atoms with Gasteiger partial charge in [-0.1, -0.05) is 26.2 Å². The quantitative estimate of drug-likeness (QED) is 0.655. The summed E-state index contributed by atoms with van der Waals surface area (Å²) in [7, 11) is 0. The van der Waals surface area contributed by atoms with Gasteiger partial charge in [0, 0.05) is 12.6 Å². The SMILES string of the molecule is CCN(CCOCCO)C1CCCCC1. The fraction of sp³-hybridized carbons (Fsp3) is 1.00. The number of nitrogens with zero attached hydrogens (tertiary/aromatic N) is 1. The van der Waals surface area contributed by atoms with Gasteiger partial charge < -0.3 is 9.84 Å². The first-order valence-electron chi connectivity index (χ1n) is 6.31. The van der Waals surface area contributed by atoms with Gasteiger partial charge in [-0.15, -0.1) is 0 Å². The van der Waals surface area contributed by atoms with Crippen LogP contribution in [0.4, 0.5) is 0 Å². The van der Waals surface area contributed by atoms with Crippen molar-refractivity contribution >= 4 is 0 Å². The molecule has 90 valence electrons. The van der Waals surface area contributed by atoms with E-state index in [-0.39, 0.29) is 6.61 Å². The molecule has 0 radical (unpaired) electrons. The van der Waals surface area contributed by atoms with Gasteiger partial charge in [-0.05, 0) is 19.4 Å². The molecule has 0 bridgehead atoms. The first-order chi connectivity index (χ1) is 7.38. The Kier molecular flexibility index (Phi) is 6.98. The van der Waals surface area contributed by atoms with Crippen LogP contribution in [-0.2, 0) is 4.74 Å². The lowest BCUT2D eigenvalue weighted by atomic mass is 9.94. The predicted molar refractivity (Wildman–Crippen MR) is 62.0 cm³/mol. The molecule has 0 aromatic rings. The van der Waals surface area contributed by atoms with Crippen LogP contribution in [0.1, 0.15) is 39.0 Å². The number of aliphatic hydroxyl groups excluding tert-OH is 1. The van der Waals surface area contributed by atoms with Gasteiger partial charge in [0.1, 0.15) is 0 Å². The van der Waals surface area contributed by atoms with Crippen molar-refractivity contribution < 1.29 is 9.84 Å². The predicted octanol–water partition coefficient (Wildman–Crippen LogP) is 1.65. The molecule has 1 N–H and O–H groups in total. The lowest BCUT2D eigenvalue weighted by Crippen LogP contribution is -2.38. The number of rotatable bonds is 7. The molecule has 3 nitrogen and oxygen atoms in total. The Morgan fingerprint density at radius 2 is 1.93 bits per heavy atom. The molecule has 0 unspecified atom stereocenters. The minimum absolute atomic E-state index is 0.134. The minimum Gasteiger partial charge on any atom is -0.394 e. The monoisotopic (exact) mass is 215 g/mol. The van der Waals surface area contributed by atoms with Gasteiger partial charge in [-0.25, -0.2) is 0 Å². The molecular weight excluding hydrogens is 190 g/mol. The highest BCUT2D eigenvalue weighted by Crippen LogP contribution is 2.22. The Labute approximate surface area is 93.4 Å². The Balaban J connectivity index is 2.15. The second kappa shape index (κ2) is 8.08. The molecule has 0 aliphatic heterocycles. The highest BCUT2D eigenvalue weighted by molar-refractivity contribution is 4.74. The van der Waals surface area contributed by atoms with E-state index in [9.17, 15) is 0 Å². The van der Waals surface area contributed by atoms with E-state index < -0.39 is 0 Å². The maximum Gasteiger partial charge on any atom is 0.0698 e. The maximum atomic E-state index is 8.60. The summed E-state index contributed by atoms with van der Waals surface area (Å²) in [6, 6.07) is 0.779. The summed E-state index contributed by atoms with van der Waals surface area (Å²) in [4.78, 5) is 2.52. The van der Waals surface area contributed by atoms with Gasteiger partial charge in [-0.3, -0.25) is 4.90 Å². The molecule has 1 saturated carbocycles. The molecule has 1 rings (SSSR count). The Morgan fingerprint density at radius 1 is 1.20 bits per heavy atom. The molecule has 0 spiro atoms. The van der Waals surface area contributed by atoms with E-state index in [1.54, 1.807) is 0 Å². The third-order valence-corrected chi connectivity index (χ3v) is 3.26. The Morgan fingerprint density at radius 3 is 2.53 bits per heavy atom. The van der Waals surface area contributed by atoms with Crippen LogP contribution in [-0.4, -0.2) is 49.0 Å². The van der Waals surface area contributed by atoms with Crippen LogP contribution < -0.4 is 0 Å². The summed E-state index contributed by atoms with van der Waals surface area (Å²) in [5.74, 6) is 0. The van der Waals surface area contributed by atoms with E-state index in [4.69, 9.17) is 9.84 Å². The Bertz CT molecular complexity index is 147. The highest BCUT2D eigenvalue weighted by atomic mass is 16.5. The zero-order valence-corrected chi connectivity index (χ0v) is 9.95. The topological polar surface area (TPSA) is 32.7 Å². The number of hydrogen-bond acceptors (Lipinski definition) is 3. The van der Waals surface area contributed by atoms with Crippen molar-refractivity contribution in [2.75, 3.05) is 32.9 Å². The van der Waals surface area contributed by atoms with Gasteiger partial charge >= 0.3 is 0 Å². The third kappa shape index (κ3) is 4.96. The largest absolute Gasteiger partial charge is 0.394 e. The molecule has 0 aromatic carbocycles. The van der Waals surface area contributed by atoms with Gasteiger partial charge in [0.25, 0.3) is 0 Å². The van der Waals surface area contributed by atoms with Crippen molar-refractivity contribution in [3.63, 3.8) is 0 Å². The Hall–Kier alpha value is -0.120. The molecule has 1 fully saturated rings. The lowest BCUT2D eigenvalue weighted by molar-refractivity contribution is 0.0586. The average molecular weight is 215 g/mol. The van der Waals surface area contributed by atoms with Crippen molar-refractivity contribution in [2.45, 2.75) is 45.1 Å². The van der Waals surface area contributed by atoms with Crippen molar-refractivity contribution in [3.8, 4) is 0 Å². The van der Waals surface area contributed by atoms with Gasteiger partial charge in [0.15, 0.2) is 0 Å². The zero-order chi connectivity index (χ0) is 10.9. The molecule has 1 aliphatic carbocycles. The molecule has 15 heavy (non-hydrogen) atoms. The van der Waals surface area contributed by atoms with Crippen LogP contribution in [0.15, 0.2) is 0 Å². The standard InChI is InChI=1S/C12H25NO2/c1-2-13(8-10-15-11-9-14)12-6-4-3-5-7-12/h12,14H,2-11H2,1H3. The molecule has 1 aliphatic rings. The van der Waals surface area contributed by atoms with E-state index >= 15 is 0 Å². The molecular formula is C12H25NO2. The van der Waals surface area contributed by atoms with Crippen LogP contribution in [0, 0.1) is 0 Å². The van der Waals surface area contributed by atoms with Gasteiger partial charge in [0.2, 0.25) is 0 Å². The van der Waals surface area contributed by atoms with Gasteiger partial charge in [0.05, 0.1) is 19.8 Å². The second-order valence-electron chi connectivity index (χ2n) is 4.26. The number of hydrogen-bond donors (Lipinski definition) is 1. The van der Waals surface area contributed by atoms with Gasteiger partial charge in [-0.2, -0.15) is 0 Å². The summed E-state index contributed by atoms with van der Waals surface area (Å²) in [5.41, 5.74) is 0. The summed E-state index contributed by atoms with van der Waals surface area (Å²) < 4.78 is 5.31. The van der Waals surface area contributed by atoms with Crippen molar-refractivity contribution in [2.24, 2.45) is 0 Å². The molecule has 0 heterocycles. The lowest BCUT2D eigenvalue weighted by Gasteiger charge is -2.33. The van der Waals surface area contributed by atoms with Crippen LogP contribution in [0.2, 0.25) is 0 Å². The highest BCUT2D eigenvalue weighted by Gasteiger charge is 2.19. The minimum atomic E-state index is 0.134. The number of likely N-dealkylation sites (N-methyl/N-ethyl adjacent to an activating group) is 1. The van der Waals surface area contributed by atoms with Crippen LogP contribution >= 0.6 is 0 Å². The first kappa shape index (κ1) is 12.9. The van der Waals surface area contributed by atoms with Crippen molar-refractivity contribution in [1.82, 2.24) is 4.90 Å². The molecule has 3 heteroatoms. The van der Waals surface area contributed by atoms with E-state index in [0.29, 0.717) is 6.61 Å². The number of ether oxygens (including phenoxy) is 1. The third-order valence-electron chi connectivity index (χ3n) is 3.26. The van der Waals surface area contributed by atoms with E-state index in [0.717, 1.165) is 25.7 Å². The van der Waals surface area contributed by atoms with Crippen molar-refractivity contribution in [3.05, 3.63) is 0 Å². The maximum absolute atomic E-state index is 8.60. The van der Waals surface area contributed by atoms with E-state index in [2.05, 4.69) is 11.8 Å². The second-order valence-corrected chi connectivity index (χ2v) is 4.26. The molecule has 0 aromatic heterocycles. The fourth-order valence-electron chi connectivity index (χ4n) is 2.39. The average Bonchev–Trinajstić information content (AvgIpc) is 2.30. The summed E-state index contributed by atoms with van der Waals surface area (Å²) in [6.45, 7) is 5.72. The normalized spacial score (nSPS) is 18.6.